The zero-order valence-electron chi connectivity index (χ0n) is 5.00. The van der Waals surface area contributed by atoms with Crippen molar-refractivity contribution in [1.82, 2.24) is 0 Å². The van der Waals surface area contributed by atoms with Crippen LogP contribution in [0.5, 0.6) is 0 Å². The van der Waals surface area contributed by atoms with Gasteiger partial charge >= 0.3 is 0 Å². The molecule has 9 heavy (non-hydrogen) atoms. The van der Waals surface area contributed by atoms with E-state index in [4.69, 9.17) is 0 Å². The second-order valence-corrected chi connectivity index (χ2v) is 1.12. The Hall–Kier alpha value is -0.0161. The van der Waals surface area contributed by atoms with Gasteiger partial charge in [0.15, 0.2) is 0 Å². The summed E-state index contributed by atoms with van der Waals surface area (Å²) in [5.41, 5.74) is 0. The van der Waals surface area contributed by atoms with Crippen LogP contribution in [-0.4, -0.2) is 11.8 Å². The van der Waals surface area contributed by atoms with Gasteiger partial charge in [-0.05, 0) is 12.2 Å². The fourth-order valence-electron chi connectivity index (χ4n) is 0.326. The van der Waals surface area contributed by atoms with Crippen molar-refractivity contribution in [3.05, 3.63) is 24.9 Å². The minimum absolute atomic E-state index is 0. The van der Waals surface area contributed by atoms with Gasteiger partial charge in [-0.25, -0.2) is 0 Å². The van der Waals surface area contributed by atoms with Crippen molar-refractivity contribution >= 4 is 11.8 Å². The molecule has 1 aliphatic heterocycles. The van der Waals surface area contributed by atoms with E-state index in [1.807, 2.05) is 0 Å². The van der Waals surface area contributed by atoms with E-state index in [1.54, 1.807) is 0 Å². The molecule has 0 unspecified atom stereocenters. The molecule has 0 aromatic rings. The number of hydrogen-bond acceptors (Lipinski definition) is 2. The minimum atomic E-state index is -0.454. The smallest absolute Gasteiger partial charge is 0.0803 e. The molecule has 0 N–H and O–H groups in total. The largest absolute Gasteiger partial charge is 0.589 e. The third-order valence-electron chi connectivity index (χ3n) is 0.589. The van der Waals surface area contributed by atoms with Gasteiger partial charge in [0.2, 0.25) is 0 Å². The molecular weight excluding hydrogens is 195 g/mol. The van der Waals surface area contributed by atoms with Crippen molar-refractivity contribution in [2.24, 2.45) is 0 Å². The summed E-state index contributed by atoms with van der Waals surface area (Å²) in [6, 6.07) is 0. The van der Waals surface area contributed by atoms with Crippen LogP contribution in [0.4, 0.5) is 0 Å². The third-order valence-corrected chi connectivity index (χ3v) is 0.589. The van der Waals surface area contributed by atoms with Crippen LogP contribution in [-0.2, 0) is 42.3 Å². The van der Waals surface area contributed by atoms with Gasteiger partial charge < -0.3 is 22.3 Å². The van der Waals surface area contributed by atoms with Gasteiger partial charge in [-0.15, -0.1) is 0 Å². The van der Waals surface area contributed by atoms with Crippen molar-refractivity contribution in [2.45, 2.75) is 0 Å². The van der Waals surface area contributed by atoms with Crippen LogP contribution in [0, 0.1) is 7.43 Å². The summed E-state index contributed by atoms with van der Waals surface area (Å²) in [4.78, 5) is 20.0. The van der Waals surface area contributed by atoms with Crippen LogP contribution in [0.1, 0.15) is 0 Å². The molecule has 0 aromatic heterocycles. The molecule has 0 saturated carbocycles. The topological polar surface area (TPSA) is 48.2 Å². The molecule has 0 aliphatic carbocycles. The molecule has 0 saturated heterocycles. The molecule has 3 nitrogen and oxygen atoms in total. The van der Waals surface area contributed by atoms with Crippen molar-refractivity contribution < 1.29 is 42.3 Å². The Morgan fingerprint density at radius 3 is 1.56 bits per heavy atom. The molecule has 0 bridgehead atoms. The number of rotatable bonds is 0. The average Bonchev–Trinajstić information content (AvgIpc) is 1.87. The van der Waals surface area contributed by atoms with Gasteiger partial charge in [-0.2, -0.15) is 0 Å². The van der Waals surface area contributed by atoms with Crippen LogP contribution in [0.25, 0.3) is 5.32 Å². The van der Waals surface area contributed by atoms with Crippen LogP contribution in [0.2, 0.25) is 0 Å². The number of hydrogen-bond donors (Lipinski definition) is 0. The standard InChI is InChI=1S/C4H3NO2.CH3.Y/c6-3-1-2-4(7)5-3;;/h1-2H,(H,5,6,7);1H3;/q;-1;/p-1. The van der Waals surface area contributed by atoms with E-state index >= 15 is 0 Å². The normalized spacial score (nSPS) is 13.8. The maximum atomic E-state index is 9.98. The zero-order chi connectivity index (χ0) is 5.28. The van der Waals surface area contributed by atoms with Crippen molar-refractivity contribution in [3.8, 4) is 0 Å². The molecule has 1 aliphatic rings. The average molecular weight is 200 g/mol. The Kier molecular flexibility index (Phi) is 6.29. The number of nitrogens with zero attached hydrogens (tertiary/aromatic N) is 1. The Bertz CT molecular complexity index is 137. The third kappa shape index (κ3) is 3.54. The van der Waals surface area contributed by atoms with Gasteiger partial charge in [-0.1, -0.05) is 0 Å². The summed E-state index contributed by atoms with van der Waals surface area (Å²) in [7, 11) is 0. The second-order valence-electron chi connectivity index (χ2n) is 1.12. The van der Waals surface area contributed by atoms with Crippen molar-refractivity contribution in [1.29, 1.82) is 0 Å². The SMILES string of the molecule is O=C1C=CC(=O)[N-]1.[CH3-].[Y]. The molecule has 1 heterocycles. The monoisotopic (exact) mass is 200 g/mol. The maximum absolute atomic E-state index is 9.98. The number of amides is 2. The fraction of sp³-hybridized carbons (Fsp3) is 0. The molecule has 0 spiro atoms. The molecule has 0 atom stereocenters. The van der Waals surface area contributed by atoms with Gasteiger partial charge in [0.25, 0.3) is 0 Å². The molecule has 4 heteroatoms. The summed E-state index contributed by atoms with van der Waals surface area (Å²) in [6.07, 6.45) is 2.28. The minimum Gasteiger partial charge on any atom is -0.589 e. The predicted octanol–water partition coefficient (Wildman–Crippen LogP) is 0.431. The first-order valence-corrected chi connectivity index (χ1v) is 1.77. The number of carbonyl (C=O) groups excluding carboxylic acids is 2. The summed E-state index contributed by atoms with van der Waals surface area (Å²) in [5, 5.41) is 3.00. The molecular formula is C5H5NO2Y-2. The van der Waals surface area contributed by atoms with Gasteiger partial charge in [-0.3, -0.25) is 0 Å². The molecule has 1 rings (SSSR count). The number of carbonyl (C=O) groups is 2. The Balaban J connectivity index is 0. The molecule has 47 valence electrons. The van der Waals surface area contributed by atoms with Crippen LogP contribution in [0.15, 0.2) is 12.2 Å². The first-order valence-electron chi connectivity index (χ1n) is 1.77. The van der Waals surface area contributed by atoms with Crippen LogP contribution >= 0.6 is 0 Å². The van der Waals surface area contributed by atoms with Crippen LogP contribution < -0.4 is 0 Å². The quantitative estimate of drug-likeness (QED) is 0.420. The predicted molar refractivity (Wildman–Crippen MR) is 28.9 cm³/mol. The molecule has 1 radical (unpaired) electrons. The van der Waals surface area contributed by atoms with Gasteiger partial charge in [0.05, 0.1) is 11.8 Å². The number of imide groups is 1. The molecule has 0 aromatic carbocycles. The molecule has 2 amide bonds. The zero-order valence-corrected chi connectivity index (χ0v) is 7.83. The van der Waals surface area contributed by atoms with Gasteiger partial charge in [0, 0.05) is 32.7 Å². The van der Waals surface area contributed by atoms with E-state index in [0.29, 0.717) is 0 Å². The van der Waals surface area contributed by atoms with E-state index in [9.17, 15) is 9.59 Å². The fourth-order valence-corrected chi connectivity index (χ4v) is 0.326. The Labute approximate surface area is 78.8 Å². The van der Waals surface area contributed by atoms with E-state index < -0.39 is 11.8 Å². The summed E-state index contributed by atoms with van der Waals surface area (Å²) < 4.78 is 0. The van der Waals surface area contributed by atoms with Crippen molar-refractivity contribution in [3.63, 3.8) is 0 Å². The first-order chi connectivity index (χ1) is 3.29. The van der Waals surface area contributed by atoms with Crippen molar-refractivity contribution in [2.75, 3.05) is 0 Å². The Morgan fingerprint density at radius 2 is 1.44 bits per heavy atom. The van der Waals surface area contributed by atoms with E-state index in [1.165, 1.54) is 0 Å². The van der Waals surface area contributed by atoms with E-state index in [-0.39, 0.29) is 40.1 Å². The summed E-state index contributed by atoms with van der Waals surface area (Å²) >= 11 is 0. The molecule has 0 fully saturated rings. The summed E-state index contributed by atoms with van der Waals surface area (Å²) in [6.45, 7) is 0. The van der Waals surface area contributed by atoms with E-state index in [0.717, 1.165) is 12.2 Å². The second kappa shape index (κ2) is 4.82. The van der Waals surface area contributed by atoms with E-state index in [2.05, 4.69) is 5.32 Å². The van der Waals surface area contributed by atoms with Gasteiger partial charge in [0.1, 0.15) is 0 Å². The first kappa shape index (κ1) is 11.7. The van der Waals surface area contributed by atoms with Crippen LogP contribution in [0.3, 0.4) is 0 Å². The summed E-state index contributed by atoms with van der Waals surface area (Å²) in [5.74, 6) is -0.907. The Morgan fingerprint density at radius 1 is 1.11 bits per heavy atom. The maximum Gasteiger partial charge on any atom is 0.0803 e.